The molecule has 3 rings (SSSR count). The second-order valence-electron chi connectivity index (χ2n) is 4.75. The second kappa shape index (κ2) is 4.05. The topological polar surface area (TPSA) is 94.9 Å². The van der Waals surface area contributed by atoms with Gasteiger partial charge >= 0.3 is 0 Å². The monoisotopic (exact) mass is 254 g/mol. The maximum absolute atomic E-state index is 11.3. The number of aromatic nitrogens is 2. The summed E-state index contributed by atoms with van der Waals surface area (Å²) in [7, 11) is 0. The molecule has 1 aliphatic carbocycles. The number of nitrogens with two attached hydrogens (primary N) is 2. The molecule has 0 radical (unpaired) electrons. The molecule has 0 spiro atoms. The number of primary amides is 1. The SMILES string of the molecule is Cc1nc(C2Cc3ccccc32)nc(N)c1C(N)=O. The molecule has 0 saturated heterocycles. The standard InChI is InChI=1S/C14H14N4O/c1-7-11(13(16)19)12(15)18-14(17-7)10-6-8-4-2-3-5-9(8)10/h2-5,10H,6H2,1H3,(H2,16,19)(H2,15,17,18). The van der Waals surface area contributed by atoms with Gasteiger partial charge in [-0.25, -0.2) is 9.97 Å². The molecule has 19 heavy (non-hydrogen) atoms. The summed E-state index contributed by atoms with van der Waals surface area (Å²) in [5.41, 5.74) is 14.4. The van der Waals surface area contributed by atoms with Crippen LogP contribution in [0.3, 0.4) is 0 Å². The van der Waals surface area contributed by atoms with Gasteiger partial charge in [-0.1, -0.05) is 24.3 Å². The van der Waals surface area contributed by atoms with Crippen LogP contribution in [0.2, 0.25) is 0 Å². The molecule has 1 unspecified atom stereocenters. The minimum Gasteiger partial charge on any atom is -0.383 e. The molecular formula is C14H14N4O. The quantitative estimate of drug-likeness (QED) is 0.840. The van der Waals surface area contributed by atoms with E-state index in [9.17, 15) is 4.79 Å². The lowest BCUT2D eigenvalue weighted by molar-refractivity contribution is 0.1000. The highest BCUT2D eigenvalue weighted by Crippen LogP contribution is 2.38. The zero-order valence-electron chi connectivity index (χ0n) is 10.6. The molecule has 1 atom stereocenters. The van der Waals surface area contributed by atoms with Crippen LogP contribution in [0.15, 0.2) is 24.3 Å². The van der Waals surface area contributed by atoms with Gasteiger partial charge < -0.3 is 11.5 Å². The molecule has 1 aliphatic rings. The maximum atomic E-state index is 11.3. The van der Waals surface area contributed by atoms with Gasteiger partial charge in [-0.05, 0) is 24.5 Å². The number of hydrogen-bond acceptors (Lipinski definition) is 4. The lowest BCUT2D eigenvalue weighted by Gasteiger charge is -2.29. The van der Waals surface area contributed by atoms with Crippen molar-refractivity contribution in [1.82, 2.24) is 9.97 Å². The Balaban J connectivity index is 2.03. The van der Waals surface area contributed by atoms with E-state index in [1.165, 1.54) is 11.1 Å². The van der Waals surface area contributed by atoms with Crippen molar-refractivity contribution in [3.8, 4) is 0 Å². The fourth-order valence-corrected chi connectivity index (χ4v) is 2.57. The van der Waals surface area contributed by atoms with E-state index in [-0.39, 0.29) is 17.3 Å². The molecule has 0 aliphatic heterocycles. The summed E-state index contributed by atoms with van der Waals surface area (Å²) in [4.78, 5) is 19.9. The summed E-state index contributed by atoms with van der Waals surface area (Å²) >= 11 is 0. The third kappa shape index (κ3) is 1.74. The van der Waals surface area contributed by atoms with Crippen LogP contribution < -0.4 is 11.5 Å². The zero-order valence-corrected chi connectivity index (χ0v) is 10.6. The number of hydrogen-bond donors (Lipinski definition) is 2. The van der Waals surface area contributed by atoms with Crippen LogP contribution in [0.5, 0.6) is 0 Å². The van der Waals surface area contributed by atoms with Crippen molar-refractivity contribution < 1.29 is 4.79 Å². The van der Waals surface area contributed by atoms with Crippen LogP contribution in [-0.4, -0.2) is 15.9 Å². The van der Waals surface area contributed by atoms with Crippen LogP contribution >= 0.6 is 0 Å². The van der Waals surface area contributed by atoms with E-state index in [0.717, 1.165) is 6.42 Å². The average Bonchev–Trinajstić information content (AvgIpc) is 2.29. The highest BCUT2D eigenvalue weighted by atomic mass is 16.1. The summed E-state index contributed by atoms with van der Waals surface area (Å²) in [5, 5.41) is 0. The van der Waals surface area contributed by atoms with E-state index in [1.807, 2.05) is 12.1 Å². The number of benzene rings is 1. The third-order valence-corrected chi connectivity index (χ3v) is 3.55. The van der Waals surface area contributed by atoms with Crippen LogP contribution in [0.25, 0.3) is 0 Å². The Labute approximate surface area is 110 Å². The summed E-state index contributed by atoms with van der Waals surface area (Å²) in [6, 6.07) is 8.19. The van der Waals surface area contributed by atoms with Gasteiger partial charge in [0.1, 0.15) is 17.2 Å². The Kier molecular flexibility index (Phi) is 2.48. The van der Waals surface area contributed by atoms with Crippen LogP contribution in [0, 0.1) is 6.92 Å². The highest BCUT2D eigenvalue weighted by molar-refractivity contribution is 5.98. The number of rotatable bonds is 2. The Morgan fingerprint density at radius 1 is 1.32 bits per heavy atom. The first-order valence-corrected chi connectivity index (χ1v) is 6.09. The van der Waals surface area contributed by atoms with Gasteiger partial charge in [-0.3, -0.25) is 4.79 Å². The first kappa shape index (κ1) is 11.6. The molecule has 1 aromatic heterocycles. The van der Waals surface area contributed by atoms with Crippen LogP contribution in [0.1, 0.15) is 38.9 Å². The minimum atomic E-state index is -0.587. The first-order valence-electron chi connectivity index (χ1n) is 6.09. The largest absolute Gasteiger partial charge is 0.383 e. The van der Waals surface area contributed by atoms with Gasteiger partial charge in [0, 0.05) is 5.92 Å². The third-order valence-electron chi connectivity index (χ3n) is 3.55. The zero-order chi connectivity index (χ0) is 13.6. The van der Waals surface area contributed by atoms with Gasteiger partial charge in [-0.2, -0.15) is 0 Å². The Bertz CT molecular complexity index is 658. The number of anilines is 1. The number of fused-ring (bicyclic) bond motifs is 1. The molecule has 0 saturated carbocycles. The normalized spacial score (nSPS) is 16.6. The van der Waals surface area contributed by atoms with Crippen molar-refractivity contribution in [2.45, 2.75) is 19.3 Å². The number of carbonyl (C=O) groups excluding carboxylic acids is 1. The lowest BCUT2D eigenvalue weighted by atomic mass is 9.77. The van der Waals surface area contributed by atoms with E-state index in [1.54, 1.807) is 6.92 Å². The molecule has 0 fully saturated rings. The van der Waals surface area contributed by atoms with E-state index in [0.29, 0.717) is 11.5 Å². The van der Waals surface area contributed by atoms with Gasteiger partial charge in [0.05, 0.1) is 5.69 Å². The van der Waals surface area contributed by atoms with Crippen molar-refractivity contribution in [3.05, 3.63) is 52.5 Å². The number of aryl methyl sites for hydroxylation is 1. The van der Waals surface area contributed by atoms with Gasteiger partial charge in [-0.15, -0.1) is 0 Å². The Morgan fingerprint density at radius 3 is 2.68 bits per heavy atom. The molecule has 4 N–H and O–H groups in total. The average molecular weight is 254 g/mol. The van der Waals surface area contributed by atoms with Crippen molar-refractivity contribution >= 4 is 11.7 Å². The van der Waals surface area contributed by atoms with E-state index >= 15 is 0 Å². The molecule has 1 amide bonds. The predicted molar refractivity (Wildman–Crippen MR) is 71.7 cm³/mol. The molecule has 96 valence electrons. The summed E-state index contributed by atoms with van der Waals surface area (Å²) in [5.74, 6) is 0.410. The molecule has 5 nitrogen and oxygen atoms in total. The van der Waals surface area contributed by atoms with E-state index in [2.05, 4.69) is 22.1 Å². The Morgan fingerprint density at radius 2 is 2.05 bits per heavy atom. The predicted octanol–water partition coefficient (Wildman–Crippen LogP) is 1.15. The molecular weight excluding hydrogens is 240 g/mol. The molecule has 1 heterocycles. The number of nitrogen functional groups attached to an aromatic ring is 1. The lowest BCUT2D eigenvalue weighted by Crippen LogP contribution is -2.24. The molecule has 0 bridgehead atoms. The molecule has 5 heteroatoms. The van der Waals surface area contributed by atoms with Crippen molar-refractivity contribution in [3.63, 3.8) is 0 Å². The molecule has 2 aromatic rings. The van der Waals surface area contributed by atoms with E-state index < -0.39 is 5.91 Å². The van der Waals surface area contributed by atoms with Crippen LogP contribution in [-0.2, 0) is 6.42 Å². The maximum Gasteiger partial charge on any atom is 0.254 e. The summed E-state index contributed by atoms with van der Waals surface area (Å²) in [6.07, 6.45) is 0.908. The van der Waals surface area contributed by atoms with Gasteiger partial charge in [0.2, 0.25) is 0 Å². The molecule has 1 aromatic carbocycles. The van der Waals surface area contributed by atoms with Gasteiger partial charge in [0.25, 0.3) is 5.91 Å². The second-order valence-corrected chi connectivity index (χ2v) is 4.75. The fourth-order valence-electron chi connectivity index (χ4n) is 2.57. The smallest absolute Gasteiger partial charge is 0.254 e. The van der Waals surface area contributed by atoms with E-state index in [4.69, 9.17) is 11.5 Å². The summed E-state index contributed by atoms with van der Waals surface area (Å²) in [6.45, 7) is 1.73. The number of amides is 1. The van der Waals surface area contributed by atoms with Crippen molar-refractivity contribution in [2.24, 2.45) is 5.73 Å². The van der Waals surface area contributed by atoms with Gasteiger partial charge in [0.15, 0.2) is 0 Å². The number of nitrogens with zero attached hydrogens (tertiary/aromatic N) is 2. The fraction of sp³-hybridized carbons (Fsp3) is 0.214. The highest BCUT2D eigenvalue weighted by Gasteiger charge is 2.30. The first-order chi connectivity index (χ1) is 9.08. The Hall–Kier alpha value is -2.43. The van der Waals surface area contributed by atoms with Crippen molar-refractivity contribution in [1.29, 1.82) is 0 Å². The summed E-state index contributed by atoms with van der Waals surface area (Å²) < 4.78 is 0. The number of carbonyl (C=O) groups is 1. The van der Waals surface area contributed by atoms with Crippen LogP contribution in [0.4, 0.5) is 5.82 Å². The minimum absolute atomic E-state index is 0.166. The van der Waals surface area contributed by atoms with Crippen molar-refractivity contribution in [2.75, 3.05) is 5.73 Å².